The molecule has 1 aromatic heterocycles. The predicted octanol–water partition coefficient (Wildman–Crippen LogP) is 2.59. The van der Waals surface area contributed by atoms with Gasteiger partial charge in [-0.1, -0.05) is 11.3 Å². The lowest BCUT2D eigenvalue weighted by Gasteiger charge is -2.00. The number of anilines is 1. The van der Waals surface area contributed by atoms with E-state index < -0.39 is 0 Å². The highest BCUT2D eigenvalue weighted by Crippen LogP contribution is 2.12. The molecule has 0 spiro atoms. The molecule has 1 aromatic carbocycles. The lowest BCUT2D eigenvalue weighted by atomic mass is 10.2. The van der Waals surface area contributed by atoms with Crippen molar-refractivity contribution in [3.05, 3.63) is 39.6 Å². The van der Waals surface area contributed by atoms with E-state index in [0.29, 0.717) is 14.6 Å². The van der Waals surface area contributed by atoms with Gasteiger partial charge in [-0.25, -0.2) is 4.39 Å². The number of aromatic nitrogens is 2. The first-order chi connectivity index (χ1) is 7.65. The van der Waals surface area contributed by atoms with Crippen LogP contribution < -0.4 is 5.32 Å². The van der Waals surface area contributed by atoms with E-state index in [4.69, 9.17) is 12.2 Å². The number of benzene rings is 1. The molecule has 2 N–H and O–H groups in total. The summed E-state index contributed by atoms with van der Waals surface area (Å²) in [6.07, 6.45) is 0. The molecule has 0 bridgehead atoms. The molecule has 0 radical (unpaired) electrons. The Morgan fingerprint density at radius 2 is 2.12 bits per heavy atom. The number of nitrogens with one attached hydrogen (secondary N) is 2. The molecule has 4 nitrogen and oxygen atoms in total. The van der Waals surface area contributed by atoms with Crippen LogP contribution in [-0.4, -0.2) is 16.1 Å². The van der Waals surface area contributed by atoms with Gasteiger partial charge in [0.2, 0.25) is 5.13 Å². The summed E-state index contributed by atoms with van der Waals surface area (Å²) < 4.78 is 13.1. The van der Waals surface area contributed by atoms with Crippen molar-refractivity contribution >= 4 is 34.6 Å². The van der Waals surface area contributed by atoms with E-state index in [1.165, 1.54) is 24.3 Å². The first-order valence-electron chi connectivity index (χ1n) is 4.27. The van der Waals surface area contributed by atoms with Crippen molar-refractivity contribution in [2.45, 2.75) is 0 Å². The monoisotopic (exact) mass is 255 g/mol. The molecule has 1 heterocycles. The number of amides is 1. The van der Waals surface area contributed by atoms with Gasteiger partial charge < -0.3 is 0 Å². The Labute approximate surface area is 99.1 Å². The second-order valence-corrected chi connectivity index (χ2v) is 4.55. The smallest absolute Gasteiger partial charge is 0.257 e. The molecule has 0 atom stereocenters. The molecular formula is C9H6FN3OS2. The van der Waals surface area contributed by atoms with Crippen LogP contribution in [-0.2, 0) is 0 Å². The predicted molar refractivity (Wildman–Crippen MR) is 61.7 cm³/mol. The van der Waals surface area contributed by atoms with Gasteiger partial charge in [0, 0.05) is 5.56 Å². The summed E-state index contributed by atoms with van der Waals surface area (Å²) in [4.78, 5) is 11.6. The van der Waals surface area contributed by atoms with Crippen molar-refractivity contribution in [1.82, 2.24) is 10.2 Å². The van der Waals surface area contributed by atoms with Crippen LogP contribution in [0, 0.1) is 9.77 Å². The van der Waals surface area contributed by atoms with Gasteiger partial charge in [0.25, 0.3) is 5.91 Å². The SMILES string of the molecule is O=C(Nc1n[nH]c(=S)s1)c1ccc(F)cc1. The van der Waals surface area contributed by atoms with Crippen LogP contribution in [0.2, 0.25) is 0 Å². The normalized spacial score (nSPS) is 10.1. The maximum absolute atomic E-state index is 12.6. The number of nitrogens with zero attached hydrogens (tertiary/aromatic N) is 1. The Morgan fingerprint density at radius 1 is 1.44 bits per heavy atom. The molecule has 82 valence electrons. The number of rotatable bonds is 2. The van der Waals surface area contributed by atoms with Crippen LogP contribution >= 0.6 is 23.6 Å². The average molecular weight is 255 g/mol. The molecular weight excluding hydrogens is 249 g/mol. The van der Waals surface area contributed by atoms with Crippen molar-refractivity contribution in [2.24, 2.45) is 0 Å². The Hall–Kier alpha value is -1.60. The van der Waals surface area contributed by atoms with E-state index in [9.17, 15) is 9.18 Å². The number of carbonyl (C=O) groups is 1. The maximum Gasteiger partial charge on any atom is 0.257 e. The molecule has 2 rings (SSSR count). The summed E-state index contributed by atoms with van der Waals surface area (Å²) in [7, 11) is 0. The third-order valence-corrected chi connectivity index (χ3v) is 2.77. The van der Waals surface area contributed by atoms with Gasteiger partial charge in [-0.2, -0.15) is 0 Å². The molecule has 0 aliphatic carbocycles. The van der Waals surface area contributed by atoms with Crippen LogP contribution in [0.4, 0.5) is 9.52 Å². The number of halogens is 1. The Morgan fingerprint density at radius 3 is 2.69 bits per heavy atom. The zero-order chi connectivity index (χ0) is 11.5. The molecule has 7 heteroatoms. The second-order valence-electron chi connectivity index (χ2n) is 2.88. The van der Waals surface area contributed by atoms with Gasteiger partial charge >= 0.3 is 0 Å². The number of hydrogen-bond acceptors (Lipinski definition) is 4. The Bertz CT molecular complexity index is 561. The van der Waals surface area contributed by atoms with E-state index in [1.807, 2.05) is 0 Å². The van der Waals surface area contributed by atoms with E-state index >= 15 is 0 Å². The summed E-state index contributed by atoms with van der Waals surface area (Å²) >= 11 is 5.98. The maximum atomic E-state index is 12.6. The molecule has 0 aliphatic rings. The van der Waals surface area contributed by atoms with E-state index in [2.05, 4.69) is 15.5 Å². The molecule has 0 saturated heterocycles. The van der Waals surface area contributed by atoms with Gasteiger partial charge in [0.1, 0.15) is 5.82 Å². The van der Waals surface area contributed by atoms with E-state index in [1.54, 1.807) is 0 Å². The van der Waals surface area contributed by atoms with Crippen LogP contribution in [0.5, 0.6) is 0 Å². The van der Waals surface area contributed by atoms with Crippen molar-refractivity contribution in [3.63, 3.8) is 0 Å². The molecule has 0 fully saturated rings. The highest BCUT2D eigenvalue weighted by atomic mass is 32.1. The zero-order valence-corrected chi connectivity index (χ0v) is 9.49. The number of H-pyrrole nitrogens is 1. The van der Waals surface area contributed by atoms with Crippen molar-refractivity contribution in [1.29, 1.82) is 0 Å². The topological polar surface area (TPSA) is 57.8 Å². The third kappa shape index (κ3) is 2.50. The third-order valence-electron chi connectivity index (χ3n) is 1.76. The van der Waals surface area contributed by atoms with Crippen LogP contribution in [0.25, 0.3) is 0 Å². The molecule has 1 amide bonds. The second kappa shape index (κ2) is 4.50. The van der Waals surface area contributed by atoms with Gasteiger partial charge in [-0.05, 0) is 36.5 Å². The zero-order valence-electron chi connectivity index (χ0n) is 7.86. The average Bonchev–Trinajstić information content (AvgIpc) is 2.65. The van der Waals surface area contributed by atoms with Gasteiger partial charge in [-0.3, -0.25) is 15.2 Å². The van der Waals surface area contributed by atoms with Crippen LogP contribution in [0.3, 0.4) is 0 Å². The fourth-order valence-electron chi connectivity index (χ4n) is 1.05. The lowest BCUT2D eigenvalue weighted by molar-refractivity contribution is 0.102. The first-order valence-corrected chi connectivity index (χ1v) is 5.50. The van der Waals surface area contributed by atoms with Crippen molar-refractivity contribution in [2.75, 3.05) is 5.32 Å². The largest absolute Gasteiger partial charge is 0.296 e. The first kappa shape index (κ1) is 10.9. The fourth-order valence-corrected chi connectivity index (χ4v) is 1.84. The highest BCUT2D eigenvalue weighted by Gasteiger charge is 2.07. The van der Waals surface area contributed by atoms with Gasteiger partial charge in [0.05, 0.1) is 0 Å². The molecule has 2 aromatic rings. The minimum absolute atomic E-state index is 0.349. The molecule has 0 aliphatic heterocycles. The fraction of sp³-hybridized carbons (Fsp3) is 0. The Balaban J connectivity index is 2.14. The van der Waals surface area contributed by atoms with Crippen LogP contribution in [0.15, 0.2) is 24.3 Å². The minimum atomic E-state index is -0.382. The molecule has 16 heavy (non-hydrogen) atoms. The highest BCUT2D eigenvalue weighted by molar-refractivity contribution is 7.73. The Kier molecular flexibility index (Phi) is 3.07. The van der Waals surface area contributed by atoms with Crippen LogP contribution in [0.1, 0.15) is 10.4 Å². The van der Waals surface area contributed by atoms with Crippen molar-refractivity contribution < 1.29 is 9.18 Å². The number of carbonyl (C=O) groups excluding carboxylic acids is 1. The summed E-state index contributed by atoms with van der Waals surface area (Å²) in [5, 5.41) is 9.26. The van der Waals surface area contributed by atoms with Gasteiger partial charge in [-0.15, -0.1) is 5.10 Å². The minimum Gasteiger partial charge on any atom is -0.296 e. The number of aromatic amines is 1. The molecule has 0 unspecified atom stereocenters. The number of hydrogen-bond donors (Lipinski definition) is 2. The van der Waals surface area contributed by atoms with Crippen molar-refractivity contribution in [3.8, 4) is 0 Å². The van der Waals surface area contributed by atoms with E-state index in [0.717, 1.165) is 11.3 Å². The summed E-state index contributed by atoms with van der Waals surface area (Å²) in [5.74, 6) is -0.732. The summed E-state index contributed by atoms with van der Waals surface area (Å²) in [6, 6.07) is 5.25. The summed E-state index contributed by atoms with van der Waals surface area (Å²) in [5.41, 5.74) is 0.363. The van der Waals surface area contributed by atoms with E-state index in [-0.39, 0.29) is 11.7 Å². The molecule has 0 saturated carbocycles. The standard InChI is InChI=1S/C9H6FN3OS2/c10-6-3-1-5(2-4-6)7(14)11-8-12-13-9(15)16-8/h1-4H,(H,13,15)(H,11,12,14). The van der Waals surface area contributed by atoms with Gasteiger partial charge in [0.15, 0.2) is 3.95 Å². The summed E-state index contributed by atoms with van der Waals surface area (Å²) in [6.45, 7) is 0. The quantitative estimate of drug-likeness (QED) is 0.811. The lowest BCUT2D eigenvalue weighted by Crippen LogP contribution is -2.11.